The molecule has 0 atom stereocenters. The molecule has 2 N–H and O–H groups in total. The lowest BCUT2D eigenvalue weighted by atomic mass is 10.2. The molecule has 0 aromatic carbocycles. The first-order chi connectivity index (χ1) is 6.93. The summed E-state index contributed by atoms with van der Waals surface area (Å²) < 4.78 is 0. The van der Waals surface area contributed by atoms with Crippen LogP contribution in [0.3, 0.4) is 0 Å². The minimum Gasteiger partial charge on any atom is -0.356 e. The zero-order valence-corrected chi connectivity index (χ0v) is 9.22. The van der Waals surface area contributed by atoms with Crippen LogP contribution in [0.4, 0.5) is 0 Å². The number of amides is 3. The smallest absolute Gasteiger partial charge is 0.253 e. The summed E-state index contributed by atoms with van der Waals surface area (Å²) in [7, 11) is 0. The maximum atomic E-state index is 11.2. The molecule has 84 valence electrons. The summed E-state index contributed by atoms with van der Waals surface area (Å²) in [6.45, 7) is 4.81. The standard InChI is InChI=1S/C10H16N2O3/c1-7(10(15)12-9(3)14)5-4-6-11-8(2)13/h5H,4,6H2,1-3H3,(H,11,13)(H,12,14,15). The van der Waals surface area contributed by atoms with Crippen molar-refractivity contribution < 1.29 is 14.4 Å². The van der Waals surface area contributed by atoms with E-state index in [4.69, 9.17) is 0 Å². The molecule has 0 saturated carbocycles. The molecule has 5 heteroatoms. The third kappa shape index (κ3) is 7.42. The molecule has 0 aliphatic heterocycles. The predicted molar refractivity (Wildman–Crippen MR) is 55.9 cm³/mol. The Morgan fingerprint density at radius 2 is 1.67 bits per heavy atom. The SMILES string of the molecule is CC(=O)NCCC=C(C)C(=O)NC(C)=O. The highest BCUT2D eigenvalue weighted by Crippen LogP contribution is 1.94. The van der Waals surface area contributed by atoms with E-state index >= 15 is 0 Å². The Labute approximate surface area is 88.9 Å². The molecule has 0 aromatic rings. The fraction of sp³-hybridized carbons (Fsp3) is 0.500. The lowest BCUT2D eigenvalue weighted by Gasteiger charge is -2.01. The Morgan fingerprint density at radius 3 is 2.13 bits per heavy atom. The van der Waals surface area contributed by atoms with Gasteiger partial charge in [-0.2, -0.15) is 0 Å². The highest BCUT2D eigenvalue weighted by Gasteiger charge is 2.04. The molecule has 0 unspecified atom stereocenters. The Bertz CT molecular complexity index is 295. The molecule has 0 saturated heterocycles. The van der Waals surface area contributed by atoms with Gasteiger partial charge in [-0.05, 0) is 13.3 Å². The van der Waals surface area contributed by atoms with Gasteiger partial charge in [-0.25, -0.2) is 0 Å². The van der Waals surface area contributed by atoms with Gasteiger partial charge in [0.1, 0.15) is 0 Å². The number of nitrogens with one attached hydrogen (secondary N) is 2. The second-order valence-electron chi connectivity index (χ2n) is 3.17. The van der Waals surface area contributed by atoms with E-state index in [2.05, 4.69) is 10.6 Å². The number of imide groups is 1. The minimum absolute atomic E-state index is 0.103. The second-order valence-corrected chi connectivity index (χ2v) is 3.17. The molecule has 0 aliphatic carbocycles. The molecular formula is C10H16N2O3. The third-order valence-electron chi connectivity index (χ3n) is 1.62. The molecule has 0 fully saturated rings. The van der Waals surface area contributed by atoms with Crippen molar-refractivity contribution in [2.45, 2.75) is 27.2 Å². The predicted octanol–water partition coefficient (Wildman–Crippen LogP) is 0.122. The van der Waals surface area contributed by atoms with Crippen LogP contribution in [0.2, 0.25) is 0 Å². The first kappa shape index (κ1) is 13.4. The highest BCUT2D eigenvalue weighted by molar-refractivity contribution is 6.03. The summed E-state index contributed by atoms with van der Waals surface area (Å²) in [5.74, 6) is -0.880. The Hall–Kier alpha value is -1.65. The molecule has 5 nitrogen and oxygen atoms in total. The summed E-state index contributed by atoms with van der Waals surface area (Å²) in [6, 6.07) is 0. The Kier molecular flexibility index (Phi) is 6.01. The van der Waals surface area contributed by atoms with Crippen LogP contribution in [0.5, 0.6) is 0 Å². The van der Waals surface area contributed by atoms with Gasteiger partial charge in [0, 0.05) is 26.0 Å². The number of carbonyl (C=O) groups excluding carboxylic acids is 3. The third-order valence-corrected chi connectivity index (χ3v) is 1.62. The number of hydrogen-bond acceptors (Lipinski definition) is 3. The monoisotopic (exact) mass is 212 g/mol. The van der Waals surface area contributed by atoms with Crippen LogP contribution in [0.25, 0.3) is 0 Å². The largest absolute Gasteiger partial charge is 0.356 e. The molecule has 0 aliphatic rings. The van der Waals surface area contributed by atoms with E-state index in [9.17, 15) is 14.4 Å². The molecule has 15 heavy (non-hydrogen) atoms. The lowest BCUT2D eigenvalue weighted by Crippen LogP contribution is -2.28. The summed E-state index contributed by atoms with van der Waals surface area (Å²) in [5.41, 5.74) is 0.468. The normalized spacial score (nSPS) is 10.7. The van der Waals surface area contributed by atoms with Crippen molar-refractivity contribution >= 4 is 17.7 Å². The molecule has 0 spiro atoms. The van der Waals surface area contributed by atoms with E-state index in [1.165, 1.54) is 13.8 Å². The van der Waals surface area contributed by atoms with Gasteiger partial charge < -0.3 is 5.32 Å². The van der Waals surface area contributed by atoms with Crippen molar-refractivity contribution in [3.8, 4) is 0 Å². The van der Waals surface area contributed by atoms with Crippen LogP contribution in [-0.2, 0) is 14.4 Å². The van der Waals surface area contributed by atoms with Gasteiger partial charge in [-0.1, -0.05) is 6.08 Å². The highest BCUT2D eigenvalue weighted by atomic mass is 16.2. The lowest BCUT2D eigenvalue weighted by molar-refractivity contribution is -0.127. The summed E-state index contributed by atoms with van der Waals surface area (Å²) in [4.78, 5) is 32.3. The van der Waals surface area contributed by atoms with Gasteiger partial charge in [0.15, 0.2) is 0 Å². The minimum atomic E-state index is -0.398. The maximum absolute atomic E-state index is 11.2. The van der Waals surface area contributed by atoms with Crippen molar-refractivity contribution in [1.82, 2.24) is 10.6 Å². The van der Waals surface area contributed by atoms with Gasteiger partial charge in [0.2, 0.25) is 11.8 Å². The summed E-state index contributed by atoms with van der Waals surface area (Å²) in [6.07, 6.45) is 2.24. The first-order valence-corrected chi connectivity index (χ1v) is 4.66. The van der Waals surface area contributed by atoms with E-state index in [0.29, 0.717) is 18.5 Å². The fourth-order valence-corrected chi connectivity index (χ4v) is 0.888. The molecule has 0 radical (unpaired) electrons. The van der Waals surface area contributed by atoms with E-state index in [1.54, 1.807) is 13.0 Å². The first-order valence-electron chi connectivity index (χ1n) is 4.66. The van der Waals surface area contributed by atoms with E-state index in [1.807, 2.05) is 0 Å². The maximum Gasteiger partial charge on any atom is 0.253 e. The Balaban J connectivity index is 3.92. The van der Waals surface area contributed by atoms with Crippen LogP contribution in [-0.4, -0.2) is 24.3 Å². The van der Waals surface area contributed by atoms with Crippen molar-refractivity contribution in [3.63, 3.8) is 0 Å². The van der Waals surface area contributed by atoms with Gasteiger partial charge >= 0.3 is 0 Å². The molecule has 0 heterocycles. The van der Waals surface area contributed by atoms with Crippen molar-refractivity contribution in [1.29, 1.82) is 0 Å². The second kappa shape index (κ2) is 6.75. The van der Waals surface area contributed by atoms with Crippen molar-refractivity contribution in [2.24, 2.45) is 0 Å². The van der Waals surface area contributed by atoms with Gasteiger partial charge in [0.05, 0.1) is 0 Å². The molecule has 3 amide bonds. The topological polar surface area (TPSA) is 75.3 Å². The van der Waals surface area contributed by atoms with Crippen LogP contribution in [0.1, 0.15) is 27.2 Å². The zero-order valence-electron chi connectivity index (χ0n) is 9.22. The average molecular weight is 212 g/mol. The van der Waals surface area contributed by atoms with Crippen LogP contribution >= 0.6 is 0 Å². The van der Waals surface area contributed by atoms with Gasteiger partial charge in [-0.15, -0.1) is 0 Å². The average Bonchev–Trinajstić information content (AvgIpc) is 2.10. The van der Waals surface area contributed by atoms with Gasteiger partial charge in [0.25, 0.3) is 5.91 Å². The number of carbonyl (C=O) groups is 3. The van der Waals surface area contributed by atoms with Crippen LogP contribution in [0.15, 0.2) is 11.6 Å². The molecule has 0 bridgehead atoms. The van der Waals surface area contributed by atoms with E-state index in [0.717, 1.165) is 0 Å². The number of rotatable bonds is 4. The summed E-state index contributed by atoms with van der Waals surface area (Å²) in [5, 5.41) is 4.76. The molecule has 0 rings (SSSR count). The Morgan fingerprint density at radius 1 is 1.07 bits per heavy atom. The van der Waals surface area contributed by atoms with Crippen LogP contribution in [0, 0.1) is 0 Å². The number of hydrogen-bond donors (Lipinski definition) is 2. The van der Waals surface area contributed by atoms with Gasteiger partial charge in [-0.3, -0.25) is 19.7 Å². The van der Waals surface area contributed by atoms with Crippen molar-refractivity contribution in [3.05, 3.63) is 11.6 Å². The van der Waals surface area contributed by atoms with Crippen LogP contribution < -0.4 is 10.6 Å². The van der Waals surface area contributed by atoms with Crippen molar-refractivity contribution in [2.75, 3.05) is 6.54 Å². The van der Waals surface area contributed by atoms with E-state index in [-0.39, 0.29) is 11.8 Å². The summed E-state index contributed by atoms with van der Waals surface area (Å²) >= 11 is 0. The fourth-order valence-electron chi connectivity index (χ4n) is 0.888. The van der Waals surface area contributed by atoms with E-state index < -0.39 is 5.91 Å². The molecular weight excluding hydrogens is 196 g/mol. The molecule has 0 aromatic heterocycles. The zero-order chi connectivity index (χ0) is 11.8. The quantitative estimate of drug-likeness (QED) is 0.513.